The van der Waals surface area contributed by atoms with Crippen LogP contribution in [0.15, 0.2) is 18.2 Å². The van der Waals surface area contributed by atoms with Gasteiger partial charge in [-0.05, 0) is 31.0 Å². The summed E-state index contributed by atoms with van der Waals surface area (Å²) in [6, 6.07) is 0.925. The highest BCUT2D eigenvalue weighted by Crippen LogP contribution is 2.45. The van der Waals surface area contributed by atoms with Crippen LogP contribution in [0.2, 0.25) is 0 Å². The molecule has 172 valence electrons. The maximum atomic E-state index is 13.1. The van der Waals surface area contributed by atoms with E-state index in [4.69, 9.17) is 0 Å². The fourth-order valence-corrected chi connectivity index (χ4v) is 5.43. The summed E-state index contributed by atoms with van der Waals surface area (Å²) >= 11 is 1.61. The van der Waals surface area contributed by atoms with Crippen LogP contribution in [-0.4, -0.2) is 51.9 Å². The minimum absolute atomic E-state index is 0.00234. The Morgan fingerprint density at radius 3 is 1.90 bits per heavy atom. The molecule has 1 aromatic carbocycles. The number of halogens is 6. The van der Waals surface area contributed by atoms with Crippen molar-refractivity contribution in [1.82, 2.24) is 9.80 Å². The van der Waals surface area contributed by atoms with Gasteiger partial charge in [-0.3, -0.25) is 9.59 Å². The summed E-state index contributed by atoms with van der Waals surface area (Å²) < 4.78 is 78.6. The molecule has 2 fully saturated rings. The summed E-state index contributed by atoms with van der Waals surface area (Å²) in [6.07, 6.45) is -9.21. The van der Waals surface area contributed by atoms with Crippen molar-refractivity contribution >= 4 is 23.6 Å². The topological polar surface area (TPSA) is 40.6 Å². The number of thioether (sulfide) groups is 1. The van der Waals surface area contributed by atoms with Crippen molar-refractivity contribution in [1.29, 1.82) is 0 Å². The third-order valence-corrected chi connectivity index (χ3v) is 7.16. The molecule has 0 aliphatic carbocycles. The van der Waals surface area contributed by atoms with E-state index in [0.717, 1.165) is 5.75 Å². The van der Waals surface area contributed by atoms with Crippen molar-refractivity contribution in [2.45, 2.75) is 43.9 Å². The predicted molar refractivity (Wildman–Crippen MR) is 103 cm³/mol. The van der Waals surface area contributed by atoms with Crippen LogP contribution in [-0.2, 0) is 17.1 Å². The van der Waals surface area contributed by atoms with E-state index in [-0.39, 0.29) is 31.0 Å². The Morgan fingerprint density at radius 1 is 0.935 bits per heavy atom. The van der Waals surface area contributed by atoms with Crippen LogP contribution in [0.4, 0.5) is 26.3 Å². The summed E-state index contributed by atoms with van der Waals surface area (Å²) in [5, 5.41) is 0. The average Bonchev–Trinajstić information content (AvgIpc) is 3.08. The Hall–Kier alpha value is -1.91. The van der Waals surface area contributed by atoms with Gasteiger partial charge in [0.15, 0.2) is 0 Å². The third kappa shape index (κ3) is 4.80. The monoisotopic (exact) mass is 468 g/mol. The van der Waals surface area contributed by atoms with E-state index in [1.807, 2.05) is 0 Å². The second-order valence-corrected chi connectivity index (χ2v) is 9.48. The van der Waals surface area contributed by atoms with Gasteiger partial charge >= 0.3 is 12.4 Å². The van der Waals surface area contributed by atoms with Crippen LogP contribution in [0.25, 0.3) is 0 Å². The number of hydrogen-bond donors (Lipinski definition) is 0. The Kier molecular flexibility index (Phi) is 6.29. The summed E-state index contributed by atoms with van der Waals surface area (Å²) in [7, 11) is 0. The summed E-state index contributed by atoms with van der Waals surface area (Å²) in [6.45, 7) is 4.46. The Labute approximate surface area is 179 Å². The van der Waals surface area contributed by atoms with Gasteiger partial charge in [0.2, 0.25) is 5.91 Å². The molecule has 2 amide bonds. The molecular weight excluding hydrogens is 446 g/mol. The molecule has 2 aliphatic heterocycles. The number of carbonyl (C=O) groups excluding carboxylic acids is 2. The van der Waals surface area contributed by atoms with Crippen LogP contribution in [0.3, 0.4) is 0 Å². The number of benzene rings is 1. The smallest absolute Gasteiger partial charge is 0.338 e. The lowest BCUT2D eigenvalue weighted by Gasteiger charge is -2.44. The van der Waals surface area contributed by atoms with Gasteiger partial charge in [-0.1, -0.05) is 13.8 Å². The molecule has 2 heterocycles. The first kappa shape index (κ1) is 23.7. The van der Waals surface area contributed by atoms with Gasteiger partial charge in [-0.15, -0.1) is 11.8 Å². The van der Waals surface area contributed by atoms with E-state index in [9.17, 15) is 35.9 Å². The zero-order valence-corrected chi connectivity index (χ0v) is 17.8. The second-order valence-electron chi connectivity index (χ2n) is 8.03. The van der Waals surface area contributed by atoms with Crippen molar-refractivity contribution in [2.75, 3.05) is 25.4 Å². The molecule has 11 heteroatoms. The lowest BCUT2D eigenvalue weighted by molar-refractivity contribution is -0.143. The Balaban J connectivity index is 1.82. The van der Waals surface area contributed by atoms with Crippen LogP contribution in [0, 0.1) is 5.92 Å². The van der Waals surface area contributed by atoms with Gasteiger partial charge in [-0.2, -0.15) is 26.3 Å². The van der Waals surface area contributed by atoms with Crippen molar-refractivity contribution in [3.8, 4) is 0 Å². The normalized spacial score (nSPS) is 19.4. The predicted octanol–water partition coefficient (Wildman–Crippen LogP) is 4.89. The zero-order valence-electron chi connectivity index (χ0n) is 16.9. The molecule has 31 heavy (non-hydrogen) atoms. The zero-order chi connectivity index (χ0) is 23.2. The highest BCUT2D eigenvalue weighted by Gasteiger charge is 2.47. The Bertz CT molecular complexity index is 828. The standard InChI is InChI=1S/C20H22F6N2O2S/c1-12(2)16(29)28-7-8-31-18(28)3-5-27(6-4-18)17(30)13-9-14(19(21,22)23)11-15(10-13)20(24,25)26/h9-12H,3-8H2,1-2H3. The van der Waals surface area contributed by atoms with E-state index in [1.54, 1.807) is 30.5 Å². The fourth-order valence-electron chi connectivity index (χ4n) is 3.97. The number of piperidine rings is 1. The highest BCUT2D eigenvalue weighted by atomic mass is 32.2. The van der Waals surface area contributed by atoms with Crippen molar-refractivity contribution in [3.05, 3.63) is 34.9 Å². The van der Waals surface area contributed by atoms with Crippen molar-refractivity contribution < 1.29 is 35.9 Å². The molecule has 4 nitrogen and oxygen atoms in total. The van der Waals surface area contributed by atoms with Gasteiger partial charge in [0.25, 0.3) is 5.91 Å². The fraction of sp³-hybridized carbons (Fsp3) is 0.600. The van der Waals surface area contributed by atoms with E-state index in [1.165, 1.54) is 4.90 Å². The molecule has 3 rings (SSSR count). The molecule has 0 atom stereocenters. The van der Waals surface area contributed by atoms with E-state index < -0.39 is 39.8 Å². The highest BCUT2D eigenvalue weighted by molar-refractivity contribution is 8.00. The van der Waals surface area contributed by atoms with E-state index in [0.29, 0.717) is 31.5 Å². The Morgan fingerprint density at radius 2 is 1.45 bits per heavy atom. The molecule has 0 unspecified atom stereocenters. The van der Waals surface area contributed by atoms with Crippen LogP contribution in [0.1, 0.15) is 48.2 Å². The van der Waals surface area contributed by atoms with Crippen molar-refractivity contribution in [2.24, 2.45) is 5.92 Å². The molecule has 0 saturated carbocycles. The second kappa shape index (κ2) is 8.22. The number of rotatable bonds is 2. The van der Waals surface area contributed by atoms with E-state index in [2.05, 4.69) is 0 Å². The van der Waals surface area contributed by atoms with Crippen LogP contribution >= 0.6 is 11.8 Å². The molecule has 1 aromatic rings. The van der Waals surface area contributed by atoms with Gasteiger partial charge in [0.05, 0.1) is 16.0 Å². The average molecular weight is 468 g/mol. The first-order valence-electron chi connectivity index (χ1n) is 9.79. The van der Waals surface area contributed by atoms with Gasteiger partial charge < -0.3 is 9.80 Å². The number of alkyl halides is 6. The maximum absolute atomic E-state index is 13.1. The molecule has 0 N–H and O–H groups in total. The lowest BCUT2D eigenvalue weighted by Crippen LogP contribution is -2.54. The number of amides is 2. The van der Waals surface area contributed by atoms with Crippen LogP contribution in [0.5, 0.6) is 0 Å². The van der Waals surface area contributed by atoms with Gasteiger partial charge in [0.1, 0.15) is 0 Å². The molecular formula is C20H22F6N2O2S. The SMILES string of the molecule is CC(C)C(=O)N1CCSC12CCN(C(=O)c1cc(C(F)(F)F)cc(C(F)(F)F)c1)CC2. The van der Waals surface area contributed by atoms with E-state index >= 15 is 0 Å². The largest absolute Gasteiger partial charge is 0.416 e. The number of carbonyl (C=O) groups is 2. The van der Waals surface area contributed by atoms with Gasteiger partial charge in [-0.25, -0.2) is 0 Å². The maximum Gasteiger partial charge on any atom is 0.416 e. The number of likely N-dealkylation sites (tertiary alicyclic amines) is 1. The lowest BCUT2D eigenvalue weighted by atomic mass is 9.98. The quantitative estimate of drug-likeness (QED) is 0.581. The van der Waals surface area contributed by atoms with Crippen LogP contribution < -0.4 is 0 Å². The molecule has 2 aliphatic rings. The van der Waals surface area contributed by atoms with Gasteiger partial charge in [0, 0.05) is 36.9 Å². The molecule has 2 saturated heterocycles. The summed E-state index contributed by atoms with van der Waals surface area (Å²) in [5.41, 5.74) is -3.68. The summed E-state index contributed by atoms with van der Waals surface area (Å²) in [5.74, 6) is -0.329. The first-order valence-corrected chi connectivity index (χ1v) is 10.8. The number of hydrogen-bond acceptors (Lipinski definition) is 3. The molecule has 0 radical (unpaired) electrons. The minimum atomic E-state index is -5.01. The molecule has 0 bridgehead atoms. The number of nitrogens with zero attached hydrogens (tertiary/aromatic N) is 2. The minimum Gasteiger partial charge on any atom is -0.338 e. The first-order chi connectivity index (χ1) is 14.2. The molecule has 0 aromatic heterocycles. The molecule has 1 spiro atoms. The summed E-state index contributed by atoms with van der Waals surface area (Å²) in [4.78, 5) is 27.9. The third-order valence-electron chi connectivity index (χ3n) is 5.60. The van der Waals surface area contributed by atoms with Crippen molar-refractivity contribution in [3.63, 3.8) is 0 Å².